The number of hydrogen-bond acceptors (Lipinski definition) is 5. The van der Waals surface area contributed by atoms with Crippen LogP contribution < -0.4 is 5.32 Å². The molecule has 1 unspecified atom stereocenters. The molecule has 5 nitrogen and oxygen atoms in total. The molecule has 0 saturated heterocycles. The van der Waals surface area contributed by atoms with Crippen molar-refractivity contribution < 1.29 is 9.84 Å². The Labute approximate surface area is 176 Å². The Morgan fingerprint density at radius 2 is 1.97 bits per heavy atom. The lowest BCUT2D eigenvalue weighted by molar-refractivity contribution is 0.124. The second kappa shape index (κ2) is 8.47. The van der Waals surface area contributed by atoms with E-state index in [0.29, 0.717) is 23.3 Å². The molecule has 29 heavy (non-hydrogen) atoms. The quantitative estimate of drug-likeness (QED) is 0.761. The topological polar surface area (TPSA) is 57.1 Å². The Morgan fingerprint density at radius 1 is 1.21 bits per heavy atom. The van der Waals surface area contributed by atoms with Crippen LogP contribution in [0.5, 0.6) is 0 Å². The van der Waals surface area contributed by atoms with E-state index in [4.69, 9.17) is 16.3 Å². The molecular weight excluding hydrogens is 386 g/mol. The Kier molecular flexibility index (Phi) is 5.79. The lowest BCUT2D eigenvalue weighted by Crippen LogP contribution is -2.38. The van der Waals surface area contributed by atoms with E-state index in [2.05, 4.69) is 29.4 Å². The summed E-state index contributed by atoms with van der Waals surface area (Å²) in [6.07, 6.45) is 5.14. The lowest BCUT2D eigenvalue weighted by Gasteiger charge is -2.30. The van der Waals surface area contributed by atoms with Gasteiger partial charge in [0.05, 0.1) is 13.7 Å². The van der Waals surface area contributed by atoms with Gasteiger partial charge in [-0.1, -0.05) is 42.8 Å². The number of halogens is 1. The molecule has 0 spiro atoms. The zero-order chi connectivity index (χ0) is 20.4. The number of nitrogens with zero attached hydrogens (tertiary/aromatic N) is 2. The minimum atomic E-state index is -1.04. The monoisotopic (exact) mass is 411 g/mol. The third kappa shape index (κ3) is 4.11. The number of hydrogen-bond donors (Lipinski definition) is 2. The van der Waals surface area contributed by atoms with E-state index in [-0.39, 0.29) is 0 Å². The molecule has 1 heterocycles. The molecule has 2 aliphatic rings. The predicted octanol–water partition coefficient (Wildman–Crippen LogP) is 4.48. The number of guanidine groups is 1. The summed E-state index contributed by atoms with van der Waals surface area (Å²) in [4.78, 5) is 6.39. The Bertz CT molecular complexity index is 971. The van der Waals surface area contributed by atoms with Crippen LogP contribution in [0.15, 0.2) is 53.3 Å². The molecule has 1 aliphatic carbocycles. The van der Waals surface area contributed by atoms with Crippen LogP contribution in [0.4, 0.5) is 5.69 Å². The van der Waals surface area contributed by atoms with Gasteiger partial charge in [0.15, 0.2) is 5.76 Å². The second-order valence-corrected chi connectivity index (χ2v) is 7.80. The highest BCUT2D eigenvalue weighted by atomic mass is 35.5. The summed E-state index contributed by atoms with van der Waals surface area (Å²) in [7, 11) is 1.53. The zero-order valence-corrected chi connectivity index (χ0v) is 17.5. The van der Waals surface area contributed by atoms with E-state index < -0.39 is 6.23 Å². The average molecular weight is 412 g/mol. The van der Waals surface area contributed by atoms with Crippen molar-refractivity contribution in [2.24, 2.45) is 4.99 Å². The van der Waals surface area contributed by atoms with Gasteiger partial charge in [-0.25, -0.2) is 4.99 Å². The van der Waals surface area contributed by atoms with Gasteiger partial charge < -0.3 is 20.1 Å². The number of benzene rings is 2. The molecule has 152 valence electrons. The van der Waals surface area contributed by atoms with E-state index in [1.165, 1.54) is 30.2 Å². The van der Waals surface area contributed by atoms with Gasteiger partial charge in [0.2, 0.25) is 12.2 Å². The van der Waals surface area contributed by atoms with Crippen molar-refractivity contribution in [3.05, 3.63) is 75.6 Å². The maximum absolute atomic E-state index is 10.4. The SMILES string of the molecule is CCc1cc2c(cc1NC1=NC(O)C(OC)=CN1Cc1ccccc1Cl)CCC2. The maximum Gasteiger partial charge on any atom is 0.208 e. The molecule has 0 fully saturated rings. The van der Waals surface area contributed by atoms with Crippen LogP contribution in [0.2, 0.25) is 5.02 Å². The van der Waals surface area contributed by atoms with Gasteiger partial charge in [0.1, 0.15) is 0 Å². The predicted molar refractivity (Wildman–Crippen MR) is 117 cm³/mol. The molecule has 4 rings (SSSR count). The van der Waals surface area contributed by atoms with Gasteiger partial charge in [-0.15, -0.1) is 0 Å². The maximum atomic E-state index is 10.4. The van der Waals surface area contributed by atoms with E-state index in [1.807, 2.05) is 29.2 Å². The minimum absolute atomic E-state index is 0.396. The zero-order valence-electron chi connectivity index (χ0n) is 16.8. The Morgan fingerprint density at radius 3 is 2.69 bits per heavy atom. The van der Waals surface area contributed by atoms with Crippen LogP contribution in [-0.4, -0.2) is 29.3 Å². The van der Waals surface area contributed by atoms with Crippen LogP contribution in [0.1, 0.15) is 35.6 Å². The van der Waals surface area contributed by atoms with Gasteiger partial charge >= 0.3 is 0 Å². The molecule has 6 heteroatoms. The summed E-state index contributed by atoms with van der Waals surface area (Å²) in [5.41, 5.74) is 6.11. The number of methoxy groups -OCH3 is 1. The first-order valence-corrected chi connectivity index (χ1v) is 10.4. The summed E-state index contributed by atoms with van der Waals surface area (Å²) in [6, 6.07) is 12.3. The van der Waals surface area contributed by atoms with Crippen molar-refractivity contribution in [2.45, 2.75) is 45.4 Å². The number of ether oxygens (including phenoxy) is 1. The molecule has 0 aromatic heterocycles. The minimum Gasteiger partial charge on any atom is -0.495 e. The third-order valence-corrected chi connectivity index (χ3v) is 5.90. The molecular formula is C23H26ClN3O2. The fraction of sp³-hybridized carbons (Fsp3) is 0.348. The number of anilines is 1. The van der Waals surface area contributed by atoms with Gasteiger partial charge in [0.25, 0.3) is 0 Å². The number of nitrogens with one attached hydrogen (secondary N) is 1. The lowest BCUT2D eigenvalue weighted by atomic mass is 10.0. The van der Waals surface area contributed by atoms with Crippen molar-refractivity contribution in [2.75, 3.05) is 12.4 Å². The molecule has 2 aromatic rings. The number of fused-ring (bicyclic) bond motifs is 1. The molecule has 0 saturated carbocycles. The van der Waals surface area contributed by atoms with E-state index in [9.17, 15) is 5.11 Å². The highest BCUT2D eigenvalue weighted by Crippen LogP contribution is 2.30. The Balaban J connectivity index is 1.66. The van der Waals surface area contributed by atoms with E-state index >= 15 is 0 Å². The standard InChI is InChI=1S/C23H26ClN3O2/c1-3-15-11-16-8-6-9-17(16)12-20(15)25-23-26-22(28)21(29-2)14-27(23)13-18-7-4-5-10-19(18)24/h4-5,7,10-12,14,22,28H,3,6,8-9,13H2,1-2H3,(H,25,26). The molecule has 0 radical (unpaired) electrons. The van der Waals surface area contributed by atoms with Crippen molar-refractivity contribution in [3.63, 3.8) is 0 Å². The van der Waals surface area contributed by atoms with Gasteiger partial charge in [-0.3, -0.25) is 0 Å². The number of aryl methyl sites for hydroxylation is 3. The summed E-state index contributed by atoms with van der Waals surface area (Å²) >= 11 is 6.37. The van der Waals surface area contributed by atoms with Gasteiger partial charge in [-0.2, -0.15) is 0 Å². The Hall–Kier alpha value is -2.50. The summed E-state index contributed by atoms with van der Waals surface area (Å²) in [5.74, 6) is 0.970. The smallest absolute Gasteiger partial charge is 0.208 e. The number of aliphatic hydroxyl groups is 1. The summed E-state index contributed by atoms with van der Waals surface area (Å²) < 4.78 is 5.31. The summed E-state index contributed by atoms with van der Waals surface area (Å²) in [6.45, 7) is 2.67. The molecule has 2 N–H and O–H groups in total. The number of aliphatic imine (C=N–C) groups is 1. The highest BCUT2D eigenvalue weighted by Gasteiger charge is 2.25. The van der Waals surface area contributed by atoms with Crippen molar-refractivity contribution in [3.8, 4) is 0 Å². The van der Waals surface area contributed by atoms with Crippen molar-refractivity contribution in [1.82, 2.24) is 4.90 Å². The fourth-order valence-electron chi connectivity index (χ4n) is 3.93. The van der Waals surface area contributed by atoms with Crippen molar-refractivity contribution in [1.29, 1.82) is 0 Å². The normalized spacial score (nSPS) is 18.2. The van der Waals surface area contributed by atoms with E-state index in [1.54, 1.807) is 6.20 Å². The molecule has 0 amide bonds. The first-order valence-electron chi connectivity index (χ1n) is 10.0. The fourth-order valence-corrected chi connectivity index (χ4v) is 4.13. The number of aliphatic hydroxyl groups excluding tert-OH is 1. The number of rotatable bonds is 5. The first kappa shape index (κ1) is 19.8. The van der Waals surface area contributed by atoms with Crippen LogP contribution in [0.3, 0.4) is 0 Å². The van der Waals surface area contributed by atoms with Gasteiger partial charge in [-0.05, 0) is 60.1 Å². The summed E-state index contributed by atoms with van der Waals surface area (Å²) in [5, 5.41) is 14.5. The van der Waals surface area contributed by atoms with Crippen LogP contribution in [-0.2, 0) is 30.5 Å². The van der Waals surface area contributed by atoms with Crippen LogP contribution in [0, 0.1) is 0 Å². The molecule has 0 bridgehead atoms. The van der Waals surface area contributed by atoms with Crippen LogP contribution >= 0.6 is 11.6 Å². The second-order valence-electron chi connectivity index (χ2n) is 7.39. The molecule has 1 atom stereocenters. The molecule has 2 aromatic carbocycles. The van der Waals surface area contributed by atoms with Gasteiger partial charge in [0, 0.05) is 16.9 Å². The average Bonchev–Trinajstić information content (AvgIpc) is 3.18. The van der Waals surface area contributed by atoms with Crippen LogP contribution in [0.25, 0.3) is 0 Å². The third-order valence-electron chi connectivity index (χ3n) is 5.53. The highest BCUT2D eigenvalue weighted by molar-refractivity contribution is 6.31. The first-order chi connectivity index (χ1) is 14.1. The van der Waals surface area contributed by atoms with Crippen molar-refractivity contribution >= 4 is 23.2 Å². The largest absolute Gasteiger partial charge is 0.495 e. The van der Waals surface area contributed by atoms with E-state index in [0.717, 1.165) is 30.5 Å². The molecule has 1 aliphatic heterocycles.